The molecule has 36 heavy (non-hydrogen) atoms. The molecular weight excluding hydrogens is 472 g/mol. The molecular formula is C28H26N4O3S. The zero-order chi connectivity index (χ0) is 25.4. The number of carbonyl (C=O) groups is 1. The van der Waals surface area contributed by atoms with Crippen molar-refractivity contribution in [3.8, 4) is 11.4 Å². The van der Waals surface area contributed by atoms with E-state index >= 15 is 0 Å². The van der Waals surface area contributed by atoms with Crippen LogP contribution in [0, 0.1) is 20.8 Å². The second kappa shape index (κ2) is 9.54. The summed E-state index contributed by atoms with van der Waals surface area (Å²) in [5.74, 6) is 0.452. The molecule has 0 unspecified atom stereocenters. The Morgan fingerprint density at radius 3 is 2.61 bits per heavy atom. The highest BCUT2D eigenvalue weighted by atomic mass is 32.2. The van der Waals surface area contributed by atoms with E-state index in [0.29, 0.717) is 27.6 Å². The molecule has 0 fully saturated rings. The number of amides is 1. The number of nitrogens with one attached hydrogen (secondary N) is 2. The highest BCUT2D eigenvalue weighted by molar-refractivity contribution is 7.99. The van der Waals surface area contributed by atoms with Gasteiger partial charge in [-0.15, -0.1) is 0 Å². The fraction of sp³-hybridized carbons (Fsp3) is 0.179. The fourth-order valence-electron chi connectivity index (χ4n) is 4.21. The van der Waals surface area contributed by atoms with Gasteiger partial charge in [-0.2, -0.15) is 0 Å². The summed E-state index contributed by atoms with van der Waals surface area (Å²) in [6.07, 6.45) is 0. The number of H-pyrrole nitrogens is 1. The van der Waals surface area contributed by atoms with E-state index in [1.54, 1.807) is 7.11 Å². The lowest BCUT2D eigenvalue weighted by molar-refractivity contribution is -0.113. The van der Waals surface area contributed by atoms with Gasteiger partial charge in [0.15, 0.2) is 5.16 Å². The van der Waals surface area contributed by atoms with Crippen LogP contribution < -0.4 is 15.6 Å². The number of benzene rings is 3. The molecule has 0 aliphatic rings. The Labute approximate surface area is 212 Å². The van der Waals surface area contributed by atoms with Crippen molar-refractivity contribution in [2.24, 2.45) is 0 Å². The molecule has 0 radical (unpaired) electrons. The second-order valence-electron chi connectivity index (χ2n) is 8.76. The minimum absolute atomic E-state index is 0.0851. The van der Waals surface area contributed by atoms with Crippen LogP contribution in [0.25, 0.3) is 27.6 Å². The Morgan fingerprint density at radius 1 is 1.06 bits per heavy atom. The average Bonchev–Trinajstić information content (AvgIpc) is 3.24. The number of thioether (sulfide) groups is 1. The molecule has 2 heterocycles. The van der Waals surface area contributed by atoms with Crippen LogP contribution in [0.1, 0.15) is 16.7 Å². The number of para-hydroxylation sites is 1. The largest absolute Gasteiger partial charge is 0.495 e. The van der Waals surface area contributed by atoms with Crippen LogP contribution in [-0.2, 0) is 4.79 Å². The smallest absolute Gasteiger partial charge is 0.283 e. The molecule has 5 aromatic rings. The van der Waals surface area contributed by atoms with Crippen LogP contribution >= 0.6 is 11.8 Å². The Kier molecular flexibility index (Phi) is 6.28. The number of aromatic amines is 1. The van der Waals surface area contributed by atoms with E-state index in [4.69, 9.17) is 9.72 Å². The number of aryl methyl sites for hydroxylation is 3. The summed E-state index contributed by atoms with van der Waals surface area (Å²) in [7, 11) is 1.57. The van der Waals surface area contributed by atoms with Crippen LogP contribution in [0.4, 0.5) is 5.69 Å². The molecule has 0 aliphatic carbocycles. The molecule has 0 aliphatic heterocycles. The summed E-state index contributed by atoms with van der Waals surface area (Å²) in [6, 6.07) is 19.2. The summed E-state index contributed by atoms with van der Waals surface area (Å²) >= 11 is 1.22. The molecule has 182 valence electrons. The van der Waals surface area contributed by atoms with Crippen molar-refractivity contribution in [2.75, 3.05) is 18.2 Å². The molecule has 8 heteroatoms. The van der Waals surface area contributed by atoms with Gasteiger partial charge >= 0.3 is 0 Å². The van der Waals surface area contributed by atoms with Crippen molar-refractivity contribution < 1.29 is 9.53 Å². The molecule has 2 N–H and O–H groups in total. The van der Waals surface area contributed by atoms with Gasteiger partial charge in [-0.3, -0.25) is 9.59 Å². The molecule has 0 spiro atoms. The van der Waals surface area contributed by atoms with Crippen molar-refractivity contribution >= 4 is 45.3 Å². The average molecular weight is 499 g/mol. The number of fused-ring (bicyclic) bond motifs is 3. The van der Waals surface area contributed by atoms with Gasteiger partial charge in [0.05, 0.1) is 18.6 Å². The van der Waals surface area contributed by atoms with Crippen molar-refractivity contribution in [3.05, 3.63) is 87.7 Å². The topological polar surface area (TPSA) is 89.0 Å². The molecule has 0 atom stereocenters. The zero-order valence-corrected chi connectivity index (χ0v) is 21.3. The monoisotopic (exact) mass is 498 g/mol. The van der Waals surface area contributed by atoms with Crippen molar-refractivity contribution in [2.45, 2.75) is 25.9 Å². The fourth-order valence-corrected chi connectivity index (χ4v) is 5.01. The summed E-state index contributed by atoms with van der Waals surface area (Å²) in [5.41, 5.74) is 5.94. The molecule has 7 nitrogen and oxygen atoms in total. The zero-order valence-electron chi connectivity index (χ0n) is 20.5. The van der Waals surface area contributed by atoms with Crippen molar-refractivity contribution in [1.82, 2.24) is 14.5 Å². The standard InChI is InChI=1S/C28H26N4O3S/c1-16-9-11-18(3)21(13-16)29-24(33)15-36-28-31-25-19-7-5-6-8-20(19)30-26(25)27(34)32(28)22-14-17(2)10-12-23(22)35-4/h5-14,30H,15H2,1-4H3,(H,29,33). The maximum atomic E-state index is 13.8. The number of hydrogen-bond donors (Lipinski definition) is 2. The number of nitrogens with zero attached hydrogens (tertiary/aromatic N) is 2. The Balaban J connectivity index is 1.61. The van der Waals surface area contributed by atoms with E-state index in [-0.39, 0.29) is 17.2 Å². The highest BCUT2D eigenvalue weighted by Crippen LogP contribution is 2.30. The van der Waals surface area contributed by atoms with E-state index in [1.807, 2.05) is 81.4 Å². The van der Waals surface area contributed by atoms with Gasteiger partial charge in [0.25, 0.3) is 5.56 Å². The second-order valence-corrected chi connectivity index (χ2v) is 9.70. The maximum Gasteiger partial charge on any atom is 0.283 e. The normalized spacial score (nSPS) is 11.2. The van der Waals surface area contributed by atoms with E-state index in [9.17, 15) is 9.59 Å². The van der Waals surface area contributed by atoms with E-state index in [2.05, 4.69) is 10.3 Å². The van der Waals surface area contributed by atoms with Gasteiger partial charge in [0.2, 0.25) is 5.91 Å². The van der Waals surface area contributed by atoms with Gasteiger partial charge in [0, 0.05) is 16.6 Å². The lowest BCUT2D eigenvalue weighted by Crippen LogP contribution is -2.23. The van der Waals surface area contributed by atoms with Crippen LogP contribution in [0.3, 0.4) is 0 Å². The molecule has 3 aromatic carbocycles. The minimum Gasteiger partial charge on any atom is -0.495 e. The Morgan fingerprint density at radius 2 is 1.81 bits per heavy atom. The predicted molar refractivity (Wildman–Crippen MR) is 146 cm³/mol. The summed E-state index contributed by atoms with van der Waals surface area (Å²) < 4.78 is 7.11. The quantitative estimate of drug-likeness (QED) is 0.237. The van der Waals surface area contributed by atoms with Crippen LogP contribution in [-0.4, -0.2) is 33.3 Å². The minimum atomic E-state index is -0.252. The number of rotatable bonds is 6. The first kappa shape index (κ1) is 23.7. The van der Waals surface area contributed by atoms with Gasteiger partial charge < -0.3 is 15.0 Å². The number of aromatic nitrogens is 3. The van der Waals surface area contributed by atoms with E-state index in [0.717, 1.165) is 33.3 Å². The first-order valence-electron chi connectivity index (χ1n) is 11.5. The molecule has 0 saturated heterocycles. The van der Waals surface area contributed by atoms with Gasteiger partial charge in [-0.1, -0.05) is 48.2 Å². The third kappa shape index (κ3) is 4.35. The van der Waals surface area contributed by atoms with Gasteiger partial charge in [-0.25, -0.2) is 9.55 Å². The summed E-state index contributed by atoms with van der Waals surface area (Å²) in [4.78, 5) is 34.8. The lowest BCUT2D eigenvalue weighted by atomic mass is 10.1. The van der Waals surface area contributed by atoms with Crippen molar-refractivity contribution in [1.29, 1.82) is 0 Å². The molecule has 2 aromatic heterocycles. The summed E-state index contributed by atoms with van der Waals surface area (Å²) in [5, 5.41) is 4.25. The van der Waals surface area contributed by atoms with Gasteiger partial charge in [-0.05, 0) is 61.7 Å². The Hall–Kier alpha value is -4.04. The SMILES string of the molecule is COc1ccc(C)cc1-n1c(SCC(=O)Nc2cc(C)ccc2C)nc2c([nH]c3ccccc32)c1=O. The molecule has 1 amide bonds. The lowest BCUT2D eigenvalue weighted by Gasteiger charge is -2.16. The number of carbonyl (C=O) groups excluding carboxylic acids is 1. The van der Waals surface area contributed by atoms with Crippen molar-refractivity contribution in [3.63, 3.8) is 0 Å². The molecule has 0 bridgehead atoms. The number of ether oxygens (including phenoxy) is 1. The maximum absolute atomic E-state index is 13.8. The van der Waals surface area contributed by atoms with Crippen LogP contribution in [0.5, 0.6) is 5.75 Å². The van der Waals surface area contributed by atoms with E-state index < -0.39 is 0 Å². The Bertz CT molecular complexity index is 1690. The highest BCUT2D eigenvalue weighted by Gasteiger charge is 2.20. The first-order valence-corrected chi connectivity index (χ1v) is 12.5. The van der Waals surface area contributed by atoms with Gasteiger partial charge in [0.1, 0.15) is 16.8 Å². The summed E-state index contributed by atoms with van der Waals surface area (Å²) in [6.45, 7) is 5.89. The first-order chi connectivity index (χ1) is 17.4. The third-order valence-corrected chi connectivity index (χ3v) is 7.01. The predicted octanol–water partition coefficient (Wildman–Crippen LogP) is 5.53. The number of methoxy groups -OCH3 is 1. The molecule has 0 saturated carbocycles. The molecule has 5 rings (SSSR count). The number of anilines is 1. The third-order valence-electron chi connectivity index (χ3n) is 6.07. The number of hydrogen-bond acceptors (Lipinski definition) is 5. The van der Waals surface area contributed by atoms with Crippen LogP contribution in [0.15, 0.2) is 70.6 Å². The van der Waals surface area contributed by atoms with E-state index in [1.165, 1.54) is 16.3 Å². The van der Waals surface area contributed by atoms with Crippen LogP contribution in [0.2, 0.25) is 0 Å².